The van der Waals surface area contributed by atoms with Gasteiger partial charge in [-0.15, -0.1) is 0 Å². The molecule has 0 heterocycles. The van der Waals surface area contributed by atoms with Crippen molar-refractivity contribution in [2.75, 3.05) is 13.7 Å². The number of carboxylic acids is 1. The number of carboxylic acid groups (broad SMARTS) is 1. The van der Waals surface area contributed by atoms with Crippen LogP contribution in [-0.2, 0) is 18.0 Å². The summed E-state index contributed by atoms with van der Waals surface area (Å²) in [5.41, 5.74) is 1.89. The van der Waals surface area contributed by atoms with E-state index in [1.54, 1.807) is 13.0 Å². The van der Waals surface area contributed by atoms with E-state index in [0.717, 1.165) is 0 Å². The standard InChI is InChI=1S/C15H20O6/c1-9(15(18)19)4-5-21-13-6-11(7-16)12(8-17)14(20-3)10(13)2/h4,6,16-17H,5,7-8H2,1-3H3,(H,18,19)/b9-4+. The summed E-state index contributed by atoms with van der Waals surface area (Å²) in [5.74, 6) is -0.0693. The second-order valence-corrected chi connectivity index (χ2v) is 4.49. The predicted molar refractivity (Wildman–Crippen MR) is 76.5 cm³/mol. The van der Waals surface area contributed by atoms with Crippen molar-refractivity contribution in [2.24, 2.45) is 0 Å². The van der Waals surface area contributed by atoms with Crippen LogP contribution in [0.25, 0.3) is 0 Å². The Morgan fingerprint density at radius 3 is 2.48 bits per heavy atom. The van der Waals surface area contributed by atoms with Gasteiger partial charge in [-0.25, -0.2) is 4.79 Å². The Morgan fingerprint density at radius 2 is 2.00 bits per heavy atom. The first-order valence-electron chi connectivity index (χ1n) is 6.40. The molecule has 0 unspecified atom stereocenters. The molecule has 0 saturated carbocycles. The molecule has 0 fully saturated rings. The van der Waals surface area contributed by atoms with E-state index in [4.69, 9.17) is 14.6 Å². The van der Waals surface area contributed by atoms with Crippen LogP contribution in [0.2, 0.25) is 0 Å². The number of rotatable bonds is 7. The average molecular weight is 296 g/mol. The van der Waals surface area contributed by atoms with Gasteiger partial charge in [-0.3, -0.25) is 0 Å². The van der Waals surface area contributed by atoms with Crippen molar-refractivity contribution in [2.45, 2.75) is 27.1 Å². The van der Waals surface area contributed by atoms with Crippen LogP contribution in [0.15, 0.2) is 17.7 Å². The van der Waals surface area contributed by atoms with Crippen LogP contribution < -0.4 is 9.47 Å². The Labute approximate surface area is 123 Å². The number of benzene rings is 1. The van der Waals surface area contributed by atoms with Crippen LogP contribution in [-0.4, -0.2) is 35.0 Å². The Balaban J connectivity index is 3.08. The molecular formula is C15H20O6. The molecular weight excluding hydrogens is 276 g/mol. The van der Waals surface area contributed by atoms with Crippen molar-refractivity contribution < 1.29 is 29.6 Å². The number of aliphatic carboxylic acids is 1. The lowest BCUT2D eigenvalue weighted by Gasteiger charge is -2.17. The highest BCUT2D eigenvalue weighted by Crippen LogP contribution is 2.34. The van der Waals surface area contributed by atoms with Gasteiger partial charge in [-0.1, -0.05) is 0 Å². The van der Waals surface area contributed by atoms with Crippen molar-refractivity contribution >= 4 is 5.97 Å². The molecule has 6 heteroatoms. The Kier molecular flexibility index (Phi) is 6.20. The highest BCUT2D eigenvalue weighted by atomic mass is 16.5. The monoisotopic (exact) mass is 296 g/mol. The summed E-state index contributed by atoms with van der Waals surface area (Å²) in [6.07, 6.45) is 1.45. The summed E-state index contributed by atoms with van der Waals surface area (Å²) in [7, 11) is 1.47. The fourth-order valence-corrected chi connectivity index (χ4v) is 1.92. The molecule has 21 heavy (non-hydrogen) atoms. The first-order valence-corrected chi connectivity index (χ1v) is 6.40. The van der Waals surface area contributed by atoms with Crippen LogP contribution >= 0.6 is 0 Å². The molecule has 0 spiro atoms. The van der Waals surface area contributed by atoms with E-state index in [1.807, 2.05) is 0 Å². The van der Waals surface area contributed by atoms with Gasteiger partial charge in [-0.05, 0) is 31.6 Å². The SMILES string of the molecule is COc1c(C)c(OC/C=C(\C)C(=O)O)cc(CO)c1CO. The highest BCUT2D eigenvalue weighted by Gasteiger charge is 2.16. The minimum atomic E-state index is -1.00. The number of hydrogen-bond donors (Lipinski definition) is 3. The summed E-state index contributed by atoms with van der Waals surface area (Å²) >= 11 is 0. The van der Waals surface area contributed by atoms with Crippen LogP contribution in [0.3, 0.4) is 0 Å². The summed E-state index contributed by atoms with van der Waals surface area (Å²) in [6.45, 7) is 2.83. The van der Waals surface area contributed by atoms with E-state index in [0.29, 0.717) is 28.2 Å². The molecule has 0 radical (unpaired) electrons. The van der Waals surface area contributed by atoms with Crippen molar-refractivity contribution in [1.29, 1.82) is 0 Å². The van der Waals surface area contributed by atoms with Gasteiger partial charge < -0.3 is 24.8 Å². The fraction of sp³-hybridized carbons (Fsp3) is 0.400. The van der Waals surface area contributed by atoms with E-state index < -0.39 is 5.97 Å². The number of hydrogen-bond acceptors (Lipinski definition) is 5. The van der Waals surface area contributed by atoms with Crippen molar-refractivity contribution in [1.82, 2.24) is 0 Å². The van der Waals surface area contributed by atoms with Gasteiger partial charge in [0, 0.05) is 16.7 Å². The van der Waals surface area contributed by atoms with Gasteiger partial charge in [0.1, 0.15) is 18.1 Å². The van der Waals surface area contributed by atoms with E-state index in [-0.39, 0.29) is 25.4 Å². The second kappa shape index (κ2) is 7.66. The largest absolute Gasteiger partial charge is 0.496 e. The van der Waals surface area contributed by atoms with Crippen molar-refractivity contribution in [3.05, 3.63) is 34.4 Å². The lowest BCUT2D eigenvalue weighted by molar-refractivity contribution is -0.132. The second-order valence-electron chi connectivity index (χ2n) is 4.49. The number of aliphatic hydroxyl groups is 2. The number of ether oxygens (including phenoxy) is 2. The normalized spacial score (nSPS) is 11.4. The van der Waals surface area contributed by atoms with Crippen LogP contribution in [0.4, 0.5) is 0 Å². The molecule has 0 bridgehead atoms. The Morgan fingerprint density at radius 1 is 1.33 bits per heavy atom. The van der Waals surface area contributed by atoms with Crippen LogP contribution in [0.5, 0.6) is 11.5 Å². The van der Waals surface area contributed by atoms with Gasteiger partial charge in [-0.2, -0.15) is 0 Å². The number of aliphatic hydroxyl groups excluding tert-OH is 2. The van der Waals surface area contributed by atoms with Crippen LogP contribution in [0.1, 0.15) is 23.6 Å². The highest BCUT2D eigenvalue weighted by molar-refractivity contribution is 5.85. The van der Waals surface area contributed by atoms with Gasteiger partial charge in [0.25, 0.3) is 0 Å². The Bertz CT molecular complexity index is 548. The third kappa shape index (κ3) is 3.96. The lowest BCUT2D eigenvalue weighted by atomic mass is 10.0. The summed E-state index contributed by atoms with van der Waals surface area (Å²) in [6, 6.07) is 1.62. The molecule has 3 N–H and O–H groups in total. The predicted octanol–water partition coefficient (Wildman–Crippen LogP) is 1.40. The Hall–Kier alpha value is -2.05. The summed E-state index contributed by atoms with van der Waals surface area (Å²) in [4.78, 5) is 10.7. The van der Waals surface area contributed by atoms with E-state index in [2.05, 4.69) is 0 Å². The minimum Gasteiger partial charge on any atom is -0.496 e. The zero-order valence-corrected chi connectivity index (χ0v) is 12.3. The maximum Gasteiger partial charge on any atom is 0.331 e. The fourth-order valence-electron chi connectivity index (χ4n) is 1.92. The molecule has 1 rings (SSSR count). The number of carbonyl (C=O) groups is 1. The van der Waals surface area contributed by atoms with Gasteiger partial charge in [0.05, 0.1) is 20.3 Å². The minimum absolute atomic E-state index is 0.0888. The molecule has 0 saturated heterocycles. The van der Waals surface area contributed by atoms with Crippen molar-refractivity contribution in [3.63, 3.8) is 0 Å². The third-order valence-electron chi connectivity index (χ3n) is 3.18. The van der Waals surface area contributed by atoms with E-state index >= 15 is 0 Å². The molecule has 1 aromatic rings. The van der Waals surface area contributed by atoms with Gasteiger partial charge in [0.2, 0.25) is 0 Å². The maximum atomic E-state index is 10.7. The first kappa shape index (κ1) is 17.0. The number of methoxy groups -OCH3 is 1. The molecule has 6 nitrogen and oxygen atoms in total. The topological polar surface area (TPSA) is 96.2 Å². The molecule has 0 atom stereocenters. The zero-order valence-electron chi connectivity index (χ0n) is 12.3. The molecule has 0 amide bonds. The van der Waals surface area contributed by atoms with E-state index in [9.17, 15) is 15.0 Å². The smallest absolute Gasteiger partial charge is 0.331 e. The van der Waals surface area contributed by atoms with Gasteiger partial charge in [0.15, 0.2) is 0 Å². The lowest BCUT2D eigenvalue weighted by Crippen LogP contribution is -2.06. The maximum absolute atomic E-state index is 10.7. The van der Waals surface area contributed by atoms with Crippen LogP contribution in [0, 0.1) is 6.92 Å². The van der Waals surface area contributed by atoms with E-state index in [1.165, 1.54) is 20.1 Å². The molecule has 0 aliphatic heterocycles. The summed E-state index contributed by atoms with van der Waals surface area (Å²) in [5, 5.41) is 27.5. The molecule has 0 aromatic heterocycles. The quantitative estimate of drug-likeness (QED) is 0.658. The van der Waals surface area contributed by atoms with Gasteiger partial charge >= 0.3 is 5.97 Å². The summed E-state index contributed by atoms with van der Waals surface area (Å²) < 4.78 is 10.8. The first-order chi connectivity index (χ1) is 9.96. The molecule has 116 valence electrons. The van der Waals surface area contributed by atoms with Crippen molar-refractivity contribution in [3.8, 4) is 11.5 Å². The average Bonchev–Trinajstić information content (AvgIpc) is 2.47. The molecule has 0 aliphatic carbocycles. The zero-order chi connectivity index (χ0) is 16.0. The molecule has 1 aromatic carbocycles. The molecule has 0 aliphatic rings. The third-order valence-corrected chi connectivity index (χ3v) is 3.18.